The van der Waals surface area contributed by atoms with E-state index >= 15 is 0 Å². The summed E-state index contributed by atoms with van der Waals surface area (Å²) in [6.07, 6.45) is 1.42. The van der Waals surface area contributed by atoms with Gasteiger partial charge in [0, 0.05) is 29.6 Å². The molecule has 2 aromatic carbocycles. The highest BCUT2D eigenvalue weighted by molar-refractivity contribution is 7.14. The number of nitrogens with zero attached hydrogens (tertiary/aromatic N) is 2. The molecule has 9 heteroatoms. The number of nitrogens with one attached hydrogen (secondary N) is 1. The van der Waals surface area contributed by atoms with Crippen LogP contribution in [0.15, 0.2) is 47.8 Å². The fraction of sp³-hybridized carbons (Fsp3) is 0.261. The summed E-state index contributed by atoms with van der Waals surface area (Å²) in [7, 11) is 0. The Morgan fingerprint density at radius 1 is 1.12 bits per heavy atom. The molecule has 5 rings (SSSR count). The largest absolute Gasteiger partial charge is 0.454 e. The van der Waals surface area contributed by atoms with Crippen molar-refractivity contribution in [3.05, 3.63) is 59.2 Å². The van der Waals surface area contributed by atoms with Gasteiger partial charge in [0.1, 0.15) is 5.82 Å². The molecule has 0 bridgehead atoms. The van der Waals surface area contributed by atoms with Crippen LogP contribution in [0.5, 0.6) is 11.5 Å². The number of thiazole rings is 1. The van der Waals surface area contributed by atoms with Crippen LogP contribution in [-0.2, 0) is 4.79 Å². The maximum absolute atomic E-state index is 13.1. The van der Waals surface area contributed by atoms with Crippen LogP contribution < -0.4 is 14.8 Å². The molecule has 0 aliphatic carbocycles. The number of benzene rings is 2. The van der Waals surface area contributed by atoms with Gasteiger partial charge in [-0.25, -0.2) is 9.37 Å². The van der Waals surface area contributed by atoms with Crippen molar-refractivity contribution in [1.82, 2.24) is 9.88 Å². The second-order valence-electron chi connectivity index (χ2n) is 7.69. The zero-order valence-electron chi connectivity index (χ0n) is 17.0. The van der Waals surface area contributed by atoms with Crippen molar-refractivity contribution in [3.8, 4) is 22.8 Å². The predicted molar refractivity (Wildman–Crippen MR) is 117 cm³/mol. The van der Waals surface area contributed by atoms with Crippen molar-refractivity contribution in [2.75, 3.05) is 25.2 Å². The second-order valence-corrected chi connectivity index (χ2v) is 8.55. The van der Waals surface area contributed by atoms with E-state index in [-0.39, 0.29) is 30.3 Å². The number of rotatable bonds is 4. The molecule has 7 nitrogen and oxygen atoms in total. The number of piperidine rings is 1. The van der Waals surface area contributed by atoms with Gasteiger partial charge in [-0.05, 0) is 55.3 Å². The van der Waals surface area contributed by atoms with Gasteiger partial charge in [0.2, 0.25) is 12.7 Å². The Hall–Kier alpha value is -3.46. The first kappa shape index (κ1) is 20.4. The Balaban J connectivity index is 1.23. The Bertz CT molecular complexity index is 1160. The highest BCUT2D eigenvalue weighted by Crippen LogP contribution is 2.36. The number of hydrogen-bond acceptors (Lipinski definition) is 6. The summed E-state index contributed by atoms with van der Waals surface area (Å²) in [4.78, 5) is 31.7. The van der Waals surface area contributed by atoms with E-state index in [1.165, 1.54) is 35.6 Å². The smallest absolute Gasteiger partial charge is 0.253 e. The van der Waals surface area contributed by atoms with Gasteiger partial charge >= 0.3 is 0 Å². The molecule has 1 aromatic heterocycles. The molecule has 1 atom stereocenters. The van der Waals surface area contributed by atoms with Crippen LogP contribution in [0.2, 0.25) is 0 Å². The molecule has 2 aliphatic heterocycles. The molecule has 164 valence electrons. The summed E-state index contributed by atoms with van der Waals surface area (Å²) in [5.74, 6) is 0.311. The van der Waals surface area contributed by atoms with E-state index in [4.69, 9.17) is 9.47 Å². The summed E-state index contributed by atoms with van der Waals surface area (Å²) in [6, 6.07) is 11.1. The predicted octanol–water partition coefficient (Wildman–Crippen LogP) is 4.17. The lowest BCUT2D eigenvalue weighted by Gasteiger charge is -2.32. The zero-order valence-corrected chi connectivity index (χ0v) is 17.9. The Labute approximate surface area is 187 Å². The number of carbonyl (C=O) groups is 2. The molecule has 0 radical (unpaired) electrons. The van der Waals surface area contributed by atoms with Crippen molar-refractivity contribution in [1.29, 1.82) is 0 Å². The average molecular weight is 453 g/mol. The molecule has 0 spiro atoms. The van der Waals surface area contributed by atoms with E-state index in [1.807, 2.05) is 23.6 Å². The monoisotopic (exact) mass is 453 g/mol. The van der Waals surface area contributed by atoms with Crippen LogP contribution in [0.1, 0.15) is 23.2 Å². The van der Waals surface area contributed by atoms with Crippen molar-refractivity contribution < 1.29 is 23.5 Å². The maximum atomic E-state index is 13.1. The summed E-state index contributed by atoms with van der Waals surface area (Å²) in [6.45, 7) is 1.10. The lowest BCUT2D eigenvalue weighted by atomic mass is 9.96. The summed E-state index contributed by atoms with van der Waals surface area (Å²) in [5.41, 5.74) is 2.03. The zero-order chi connectivity index (χ0) is 22.1. The number of aromatic nitrogens is 1. The first-order valence-electron chi connectivity index (χ1n) is 10.3. The van der Waals surface area contributed by atoms with Crippen molar-refractivity contribution in [2.24, 2.45) is 5.92 Å². The molecular formula is C23H20FN3O4S. The SMILES string of the molecule is O=C(Nc1nc(-c2ccc3c(c2)OCO3)cs1)C1CCCN(C(=O)c2ccc(F)cc2)C1. The quantitative estimate of drug-likeness (QED) is 0.641. The summed E-state index contributed by atoms with van der Waals surface area (Å²) >= 11 is 1.34. The number of ether oxygens (including phenoxy) is 2. The molecule has 0 saturated carbocycles. The van der Waals surface area contributed by atoms with Crippen LogP contribution in [-0.4, -0.2) is 41.6 Å². The van der Waals surface area contributed by atoms with Gasteiger partial charge in [-0.15, -0.1) is 11.3 Å². The van der Waals surface area contributed by atoms with Crippen molar-refractivity contribution in [2.45, 2.75) is 12.8 Å². The highest BCUT2D eigenvalue weighted by Gasteiger charge is 2.29. The number of anilines is 1. The van der Waals surface area contributed by atoms with E-state index in [1.54, 1.807) is 4.90 Å². The second kappa shape index (κ2) is 8.58. The molecule has 3 heterocycles. The van der Waals surface area contributed by atoms with Gasteiger partial charge in [0.15, 0.2) is 16.6 Å². The van der Waals surface area contributed by atoms with E-state index in [9.17, 15) is 14.0 Å². The van der Waals surface area contributed by atoms with Gasteiger partial charge in [0.05, 0.1) is 11.6 Å². The summed E-state index contributed by atoms with van der Waals surface area (Å²) in [5, 5.41) is 5.26. The number of likely N-dealkylation sites (tertiary alicyclic amines) is 1. The minimum absolute atomic E-state index is 0.159. The first-order valence-corrected chi connectivity index (χ1v) is 11.2. The maximum Gasteiger partial charge on any atom is 0.253 e. The van der Waals surface area contributed by atoms with Crippen molar-refractivity contribution >= 4 is 28.3 Å². The van der Waals surface area contributed by atoms with Gasteiger partial charge < -0.3 is 19.7 Å². The van der Waals surface area contributed by atoms with Gasteiger partial charge in [-0.3, -0.25) is 9.59 Å². The molecule has 1 fully saturated rings. The van der Waals surface area contributed by atoms with Crippen LogP contribution in [0, 0.1) is 11.7 Å². The van der Waals surface area contributed by atoms with Crippen LogP contribution in [0.4, 0.5) is 9.52 Å². The number of amides is 2. The Morgan fingerprint density at radius 2 is 1.94 bits per heavy atom. The topological polar surface area (TPSA) is 80.8 Å². The standard InChI is InChI=1S/C23H20FN3O4S/c24-17-6-3-14(4-7-17)22(29)27-9-1-2-16(11-27)21(28)26-23-25-18(12-32-23)15-5-8-19-20(10-15)31-13-30-19/h3-8,10,12,16H,1-2,9,11,13H2,(H,25,26,28). The van der Waals surface area contributed by atoms with E-state index in [0.29, 0.717) is 41.7 Å². The van der Waals surface area contributed by atoms with Crippen LogP contribution in [0.25, 0.3) is 11.3 Å². The third kappa shape index (κ3) is 4.16. The number of carbonyl (C=O) groups excluding carboxylic acids is 2. The van der Waals surface area contributed by atoms with Gasteiger partial charge in [-0.2, -0.15) is 0 Å². The highest BCUT2D eigenvalue weighted by atomic mass is 32.1. The molecule has 1 saturated heterocycles. The fourth-order valence-electron chi connectivity index (χ4n) is 3.88. The third-order valence-corrected chi connectivity index (χ3v) is 6.33. The lowest BCUT2D eigenvalue weighted by Crippen LogP contribution is -2.43. The minimum Gasteiger partial charge on any atom is -0.454 e. The molecular weight excluding hydrogens is 433 g/mol. The van der Waals surface area contributed by atoms with E-state index in [0.717, 1.165) is 17.7 Å². The average Bonchev–Trinajstić information content (AvgIpc) is 3.48. The number of halogens is 1. The molecule has 2 aliphatic rings. The van der Waals surface area contributed by atoms with Crippen molar-refractivity contribution in [3.63, 3.8) is 0 Å². The molecule has 3 aromatic rings. The van der Waals surface area contributed by atoms with Crippen LogP contribution >= 0.6 is 11.3 Å². The van der Waals surface area contributed by atoms with Gasteiger partial charge in [0.25, 0.3) is 5.91 Å². The fourth-order valence-corrected chi connectivity index (χ4v) is 4.60. The minimum atomic E-state index is -0.388. The third-order valence-electron chi connectivity index (χ3n) is 5.57. The molecule has 2 amide bonds. The number of fused-ring (bicyclic) bond motifs is 1. The Morgan fingerprint density at radius 3 is 2.78 bits per heavy atom. The van der Waals surface area contributed by atoms with Crippen LogP contribution in [0.3, 0.4) is 0 Å². The summed E-state index contributed by atoms with van der Waals surface area (Å²) < 4.78 is 23.9. The molecule has 32 heavy (non-hydrogen) atoms. The lowest BCUT2D eigenvalue weighted by molar-refractivity contribution is -0.121. The Kier molecular flexibility index (Phi) is 5.48. The first-order chi connectivity index (χ1) is 15.6. The van der Waals surface area contributed by atoms with Gasteiger partial charge in [-0.1, -0.05) is 0 Å². The molecule has 1 N–H and O–H groups in total. The normalized spacial score (nSPS) is 17.3. The van der Waals surface area contributed by atoms with E-state index < -0.39 is 0 Å². The van der Waals surface area contributed by atoms with E-state index in [2.05, 4.69) is 10.3 Å². The number of hydrogen-bond donors (Lipinski definition) is 1. The molecule has 1 unspecified atom stereocenters.